The highest BCUT2D eigenvalue weighted by atomic mass is 32.2. The zero-order chi connectivity index (χ0) is 19.4. The lowest BCUT2D eigenvalue weighted by Gasteiger charge is -2.17. The average molecular weight is 383 g/mol. The number of carbonyl (C=O) groups excluding carboxylic acids is 1. The van der Waals surface area contributed by atoms with Gasteiger partial charge in [0, 0.05) is 31.7 Å². The van der Waals surface area contributed by atoms with E-state index in [1.165, 1.54) is 35.0 Å². The van der Waals surface area contributed by atoms with Crippen LogP contribution in [-0.4, -0.2) is 33.2 Å². The van der Waals surface area contributed by atoms with Crippen molar-refractivity contribution in [2.75, 3.05) is 12.8 Å². The Balaban J connectivity index is 1.63. The number of aryl methyl sites for hydroxylation is 2. The van der Waals surface area contributed by atoms with Gasteiger partial charge in [-0.2, -0.15) is 0 Å². The van der Waals surface area contributed by atoms with Gasteiger partial charge in [0.05, 0.1) is 5.75 Å². The van der Waals surface area contributed by atoms with E-state index in [-0.39, 0.29) is 11.7 Å². The highest BCUT2D eigenvalue weighted by Crippen LogP contribution is 2.22. The first kappa shape index (κ1) is 19.2. The van der Waals surface area contributed by atoms with Gasteiger partial charge in [0.2, 0.25) is 5.91 Å². The summed E-state index contributed by atoms with van der Waals surface area (Å²) >= 11 is 1.41. The molecule has 3 aromatic rings. The van der Waals surface area contributed by atoms with Crippen LogP contribution in [0.4, 0.5) is 4.39 Å². The second-order valence-electron chi connectivity index (χ2n) is 6.51. The molecule has 2 aromatic carbocycles. The molecule has 1 heterocycles. The van der Waals surface area contributed by atoms with Crippen LogP contribution in [0.3, 0.4) is 0 Å². The monoisotopic (exact) mass is 383 g/mol. The Morgan fingerprint density at radius 3 is 2.59 bits per heavy atom. The van der Waals surface area contributed by atoms with E-state index >= 15 is 0 Å². The van der Waals surface area contributed by atoms with Crippen molar-refractivity contribution >= 4 is 17.7 Å². The Morgan fingerprint density at radius 1 is 1.15 bits per heavy atom. The van der Waals surface area contributed by atoms with Crippen LogP contribution < -0.4 is 0 Å². The molecule has 140 valence electrons. The largest absolute Gasteiger partial charge is 0.341 e. The van der Waals surface area contributed by atoms with Crippen LogP contribution in [0, 0.1) is 19.7 Å². The zero-order valence-corrected chi connectivity index (χ0v) is 16.5. The van der Waals surface area contributed by atoms with Gasteiger partial charge in [-0.25, -0.2) is 9.37 Å². The summed E-state index contributed by atoms with van der Waals surface area (Å²) in [5, 5.41) is 0.779. The SMILES string of the molecule is Cc1ccc(-n2ccnc2SCC(=O)N(C)Cc2ccc(F)cc2)cc1C. The molecule has 0 bridgehead atoms. The van der Waals surface area contributed by atoms with E-state index in [1.54, 1.807) is 30.3 Å². The molecule has 0 aliphatic heterocycles. The molecule has 0 saturated carbocycles. The quantitative estimate of drug-likeness (QED) is 0.593. The van der Waals surface area contributed by atoms with Crippen LogP contribution in [-0.2, 0) is 11.3 Å². The molecule has 0 spiro atoms. The van der Waals surface area contributed by atoms with E-state index in [4.69, 9.17) is 0 Å². The molecule has 0 aliphatic carbocycles. The fraction of sp³-hybridized carbons (Fsp3) is 0.238. The van der Waals surface area contributed by atoms with Crippen LogP contribution >= 0.6 is 11.8 Å². The molecular weight excluding hydrogens is 361 g/mol. The first-order valence-electron chi connectivity index (χ1n) is 8.66. The Labute approximate surface area is 163 Å². The fourth-order valence-electron chi connectivity index (χ4n) is 2.66. The minimum atomic E-state index is -0.276. The molecule has 27 heavy (non-hydrogen) atoms. The maximum Gasteiger partial charge on any atom is 0.233 e. The van der Waals surface area contributed by atoms with Gasteiger partial charge in [-0.15, -0.1) is 0 Å². The summed E-state index contributed by atoms with van der Waals surface area (Å²) < 4.78 is 15.0. The van der Waals surface area contributed by atoms with Gasteiger partial charge in [0.1, 0.15) is 5.82 Å². The summed E-state index contributed by atoms with van der Waals surface area (Å²) in [6, 6.07) is 12.4. The molecule has 1 aromatic heterocycles. The van der Waals surface area contributed by atoms with E-state index < -0.39 is 0 Å². The first-order chi connectivity index (χ1) is 12.9. The molecule has 0 atom stereocenters. The lowest BCUT2D eigenvalue weighted by atomic mass is 10.1. The van der Waals surface area contributed by atoms with E-state index in [0.29, 0.717) is 12.3 Å². The van der Waals surface area contributed by atoms with Gasteiger partial charge < -0.3 is 4.90 Å². The summed E-state index contributed by atoms with van der Waals surface area (Å²) in [4.78, 5) is 18.5. The van der Waals surface area contributed by atoms with Crippen LogP contribution in [0.25, 0.3) is 5.69 Å². The topological polar surface area (TPSA) is 38.1 Å². The third kappa shape index (κ3) is 4.77. The summed E-state index contributed by atoms with van der Waals surface area (Å²) in [7, 11) is 1.75. The number of benzene rings is 2. The number of aromatic nitrogens is 2. The number of amides is 1. The van der Waals surface area contributed by atoms with Gasteiger partial charge >= 0.3 is 0 Å². The summed E-state index contributed by atoms with van der Waals surface area (Å²) in [6.45, 7) is 4.61. The maximum atomic E-state index is 13.0. The molecule has 6 heteroatoms. The molecular formula is C21H22FN3OS. The minimum Gasteiger partial charge on any atom is -0.341 e. The predicted molar refractivity (Wildman–Crippen MR) is 107 cm³/mol. The number of carbonyl (C=O) groups is 1. The van der Waals surface area contributed by atoms with Crippen molar-refractivity contribution in [2.24, 2.45) is 0 Å². The first-order valence-corrected chi connectivity index (χ1v) is 9.65. The molecule has 0 fully saturated rings. The number of imidazole rings is 1. The number of hydrogen-bond donors (Lipinski definition) is 0. The molecule has 0 N–H and O–H groups in total. The van der Waals surface area contributed by atoms with E-state index in [0.717, 1.165) is 16.4 Å². The second-order valence-corrected chi connectivity index (χ2v) is 7.46. The van der Waals surface area contributed by atoms with Crippen LogP contribution in [0.15, 0.2) is 60.0 Å². The zero-order valence-electron chi connectivity index (χ0n) is 15.6. The normalized spacial score (nSPS) is 10.8. The fourth-order valence-corrected chi connectivity index (χ4v) is 3.57. The number of hydrogen-bond acceptors (Lipinski definition) is 3. The van der Waals surface area contributed by atoms with E-state index in [2.05, 4.69) is 37.0 Å². The van der Waals surface area contributed by atoms with Gasteiger partial charge in [0.25, 0.3) is 0 Å². The van der Waals surface area contributed by atoms with Gasteiger partial charge in [-0.3, -0.25) is 9.36 Å². The van der Waals surface area contributed by atoms with Crippen molar-refractivity contribution in [2.45, 2.75) is 25.5 Å². The predicted octanol–water partition coefficient (Wildman–Crippen LogP) is 4.38. The van der Waals surface area contributed by atoms with Crippen molar-refractivity contribution in [3.05, 3.63) is 77.4 Å². The Morgan fingerprint density at radius 2 is 1.89 bits per heavy atom. The number of nitrogens with zero attached hydrogens (tertiary/aromatic N) is 3. The summed E-state index contributed by atoms with van der Waals surface area (Å²) in [6.07, 6.45) is 3.64. The van der Waals surface area contributed by atoms with Crippen molar-refractivity contribution in [1.29, 1.82) is 0 Å². The molecule has 0 unspecified atom stereocenters. The second kappa shape index (κ2) is 8.39. The standard InChI is InChI=1S/C21H22FN3OS/c1-15-4-9-19(12-16(15)2)25-11-10-23-21(25)27-14-20(26)24(3)13-17-5-7-18(22)8-6-17/h4-12H,13-14H2,1-3H3. The Hall–Kier alpha value is -2.60. The van der Waals surface area contributed by atoms with Gasteiger partial charge in [-0.05, 0) is 54.8 Å². The van der Waals surface area contributed by atoms with Crippen molar-refractivity contribution in [3.8, 4) is 5.69 Å². The third-order valence-corrected chi connectivity index (χ3v) is 5.41. The van der Waals surface area contributed by atoms with Crippen molar-refractivity contribution in [1.82, 2.24) is 14.5 Å². The summed E-state index contributed by atoms with van der Waals surface area (Å²) in [5.41, 5.74) is 4.39. The Bertz CT molecular complexity index is 937. The van der Waals surface area contributed by atoms with Gasteiger partial charge in [0.15, 0.2) is 5.16 Å². The third-order valence-electron chi connectivity index (χ3n) is 4.46. The van der Waals surface area contributed by atoms with E-state index in [1.807, 2.05) is 10.8 Å². The smallest absolute Gasteiger partial charge is 0.233 e. The lowest BCUT2D eigenvalue weighted by molar-refractivity contribution is -0.127. The molecule has 4 nitrogen and oxygen atoms in total. The molecule has 0 radical (unpaired) electrons. The molecule has 0 aliphatic rings. The average Bonchev–Trinajstić information content (AvgIpc) is 3.12. The molecule has 0 saturated heterocycles. The number of thioether (sulfide) groups is 1. The molecule has 3 rings (SSSR count). The highest BCUT2D eigenvalue weighted by molar-refractivity contribution is 7.99. The summed E-state index contributed by atoms with van der Waals surface area (Å²) in [5.74, 6) is 0.0138. The van der Waals surface area contributed by atoms with Crippen LogP contribution in [0.5, 0.6) is 0 Å². The number of halogens is 1. The Kier molecular flexibility index (Phi) is 5.96. The maximum absolute atomic E-state index is 13.0. The number of rotatable bonds is 6. The van der Waals surface area contributed by atoms with Gasteiger partial charge in [-0.1, -0.05) is 30.0 Å². The highest BCUT2D eigenvalue weighted by Gasteiger charge is 2.13. The van der Waals surface area contributed by atoms with Crippen LogP contribution in [0.1, 0.15) is 16.7 Å². The lowest BCUT2D eigenvalue weighted by Crippen LogP contribution is -2.27. The van der Waals surface area contributed by atoms with Crippen molar-refractivity contribution in [3.63, 3.8) is 0 Å². The van der Waals surface area contributed by atoms with Crippen molar-refractivity contribution < 1.29 is 9.18 Å². The molecule has 1 amide bonds. The minimum absolute atomic E-state index is 0.000961. The van der Waals surface area contributed by atoms with Crippen LogP contribution in [0.2, 0.25) is 0 Å². The van der Waals surface area contributed by atoms with E-state index in [9.17, 15) is 9.18 Å².